The molecular weight excluding hydrogens is 332 g/mol. The zero-order chi connectivity index (χ0) is 18.3. The summed E-state index contributed by atoms with van der Waals surface area (Å²) in [5, 5.41) is 6.91. The van der Waals surface area contributed by atoms with Crippen molar-refractivity contribution < 1.29 is 9.53 Å². The summed E-state index contributed by atoms with van der Waals surface area (Å²) in [5.74, 6) is 1.53. The Morgan fingerprint density at radius 3 is 3.04 bits per heavy atom. The van der Waals surface area contributed by atoms with Crippen LogP contribution in [0, 0.1) is 0 Å². The second-order valence-electron chi connectivity index (χ2n) is 6.41. The molecule has 0 aromatic carbocycles. The van der Waals surface area contributed by atoms with Crippen molar-refractivity contribution in [2.24, 2.45) is 7.05 Å². The van der Waals surface area contributed by atoms with Gasteiger partial charge in [-0.05, 0) is 25.5 Å². The number of methoxy groups -OCH3 is 1. The standard InChI is InChI=1S/C18H20N6O2/c1-11-7-8-16-19-9-14(24(11)16)13-5-4-6-15(20-13)21-17(25)12-10-23(2)22-18(12)26-3/h4-6,9-11H,7-8H2,1-3H3,(H,20,21,25)/t11-/m0/s1. The molecule has 1 N–H and O–H groups in total. The van der Waals surface area contributed by atoms with Crippen LogP contribution in [0.1, 0.15) is 35.6 Å². The number of nitrogens with zero attached hydrogens (tertiary/aromatic N) is 5. The number of imidazole rings is 1. The van der Waals surface area contributed by atoms with Gasteiger partial charge in [0, 0.05) is 25.7 Å². The van der Waals surface area contributed by atoms with E-state index in [0.29, 0.717) is 17.4 Å². The highest BCUT2D eigenvalue weighted by Gasteiger charge is 2.23. The monoisotopic (exact) mass is 352 g/mol. The highest BCUT2D eigenvalue weighted by molar-refractivity contribution is 6.05. The summed E-state index contributed by atoms with van der Waals surface area (Å²) in [6, 6.07) is 5.96. The Kier molecular flexibility index (Phi) is 3.95. The lowest BCUT2D eigenvalue weighted by Gasteiger charge is -2.12. The first-order valence-corrected chi connectivity index (χ1v) is 8.49. The average Bonchev–Trinajstić information content (AvgIpc) is 3.31. The Balaban J connectivity index is 1.62. The molecule has 0 saturated carbocycles. The van der Waals surface area contributed by atoms with Crippen molar-refractivity contribution >= 4 is 11.7 Å². The minimum Gasteiger partial charge on any atom is -0.479 e. The molecule has 0 bridgehead atoms. The van der Waals surface area contributed by atoms with E-state index in [0.717, 1.165) is 30.1 Å². The fraction of sp³-hybridized carbons (Fsp3) is 0.333. The van der Waals surface area contributed by atoms with Gasteiger partial charge in [-0.25, -0.2) is 9.97 Å². The third kappa shape index (κ3) is 2.73. The molecule has 1 aliphatic rings. The van der Waals surface area contributed by atoms with E-state index in [1.165, 1.54) is 11.8 Å². The molecule has 3 aromatic heterocycles. The van der Waals surface area contributed by atoms with Crippen molar-refractivity contribution in [3.05, 3.63) is 42.0 Å². The first-order chi connectivity index (χ1) is 12.6. The number of anilines is 1. The summed E-state index contributed by atoms with van der Waals surface area (Å²) >= 11 is 0. The minimum absolute atomic E-state index is 0.281. The number of ether oxygens (including phenoxy) is 1. The number of hydrogen-bond acceptors (Lipinski definition) is 5. The minimum atomic E-state index is -0.313. The number of nitrogens with one attached hydrogen (secondary N) is 1. The second-order valence-corrected chi connectivity index (χ2v) is 6.41. The number of rotatable bonds is 4. The smallest absolute Gasteiger partial charge is 0.263 e. The fourth-order valence-corrected chi connectivity index (χ4v) is 3.34. The van der Waals surface area contributed by atoms with Crippen LogP contribution in [0.4, 0.5) is 5.82 Å². The van der Waals surface area contributed by atoms with Crippen LogP contribution in [0.25, 0.3) is 11.4 Å². The van der Waals surface area contributed by atoms with Crippen molar-refractivity contribution in [3.8, 4) is 17.3 Å². The number of fused-ring (bicyclic) bond motifs is 1. The zero-order valence-electron chi connectivity index (χ0n) is 14.9. The van der Waals surface area contributed by atoms with E-state index in [4.69, 9.17) is 4.74 Å². The van der Waals surface area contributed by atoms with Crippen LogP contribution in [0.2, 0.25) is 0 Å². The molecular formula is C18H20N6O2. The number of carbonyl (C=O) groups is 1. The highest BCUT2D eigenvalue weighted by atomic mass is 16.5. The Bertz CT molecular complexity index is 974. The number of pyridine rings is 1. The molecule has 3 aromatic rings. The van der Waals surface area contributed by atoms with Gasteiger partial charge in [-0.2, -0.15) is 0 Å². The summed E-state index contributed by atoms with van der Waals surface area (Å²) < 4.78 is 8.90. The van der Waals surface area contributed by atoms with Crippen LogP contribution < -0.4 is 10.1 Å². The van der Waals surface area contributed by atoms with Gasteiger partial charge in [-0.15, -0.1) is 5.10 Å². The third-order valence-corrected chi connectivity index (χ3v) is 4.59. The normalized spacial score (nSPS) is 15.7. The van der Waals surface area contributed by atoms with Crippen molar-refractivity contribution in [1.29, 1.82) is 0 Å². The number of amides is 1. The van der Waals surface area contributed by atoms with Crippen molar-refractivity contribution in [1.82, 2.24) is 24.3 Å². The summed E-state index contributed by atoms with van der Waals surface area (Å²) in [7, 11) is 3.22. The maximum atomic E-state index is 12.5. The molecule has 1 amide bonds. The van der Waals surface area contributed by atoms with Gasteiger partial charge >= 0.3 is 0 Å². The van der Waals surface area contributed by atoms with Crippen LogP contribution in [0.5, 0.6) is 5.88 Å². The predicted molar refractivity (Wildman–Crippen MR) is 96.2 cm³/mol. The van der Waals surface area contributed by atoms with Crippen molar-refractivity contribution in [2.45, 2.75) is 25.8 Å². The number of carbonyl (C=O) groups excluding carboxylic acids is 1. The van der Waals surface area contributed by atoms with E-state index in [2.05, 4.69) is 31.9 Å². The van der Waals surface area contributed by atoms with Crippen LogP contribution in [-0.4, -0.2) is 37.3 Å². The van der Waals surface area contributed by atoms with E-state index in [9.17, 15) is 4.79 Å². The SMILES string of the molecule is COc1nn(C)cc1C(=O)Nc1cccc(-c2cnc3n2[C@@H](C)CC3)n1. The van der Waals surface area contributed by atoms with Gasteiger partial charge in [-0.3, -0.25) is 9.48 Å². The predicted octanol–water partition coefficient (Wildman–Crippen LogP) is 2.45. The molecule has 8 nitrogen and oxygen atoms in total. The van der Waals surface area contributed by atoms with E-state index in [-0.39, 0.29) is 11.8 Å². The lowest BCUT2D eigenvalue weighted by molar-refractivity contribution is 0.102. The Labute approximate surface area is 150 Å². The number of aryl methyl sites for hydroxylation is 2. The van der Waals surface area contributed by atoms with Crippen LogP contribution >= 0.6 is 0 Å². The summed E-state index contributed by atoms with van der Waals surface area (Å²) in [6.07, 6.45) is 5.54. The number of hydrogen-bond donors (Lipinski definition) is 1. The van der Waals surface area contributed by atoms with E-state index in [1.807, 2.05) is 18.3 Å². The van der Waals surface area contributed by atoms with Crippen molar-refractivity contribution in [2.75, 3.05) is 12.4 Å². The van der Waals surface area contributed by atoms with Gasteiger partial charge in [0.1, 0.15) is 17.2 Å². The third-order valence-electron chi connectivity index (χ3n) is 4.59. The largest absolute Gasteiger partial charge is 0.479 e. The van der Waals surface area contributed by atoms with Crippen LogP contribution in [-0.2, 0) is 13.5 Å². The average molecular weight is 352 g/mol. The van der Waals surface area contributed by atoms with Crippen LogP contribution in [0.15, 0.2) is 30.6 Å². The van der Waals surface area contributed by atoms with Gasteiger partial charge in [0.15, 0.2) is 0 Å². The lowest BCUT2D eigenvalue weighted by Crippen LogP contribution is -2.13. The number of aromatic nitrogens is 5. The molecule has 1 atom stereocenters. The van der Waals surface area contributed by atoms with Crippen LogP contribution in [0.3, 0.4) is 0 Å². The fourth-order valence-electron chi connectivity index (χ4n) is 3.34. The molecule has 0 saturated heterocycles. The molecule has 0 aliphatic carbocycles. The Morgan fingerprint density at radius 2 is 2.23 bits per heavy atom. The first-order valence-electron chi connectivity index (χ1n) is 8.49. The lowest BCUT2D eigenvalue weighted by atomic mass is 10.2. The van der Waals surface area contributed by atoms with Gasteiger partial charge < -0.3 is 14.6 Å². The molecule has 0 radical (unpaired) electrons. The molecule has 4 rings (SSSR count). The van der Waals surface area contributed by atoms with E-state index < -0.39 is 0 Å². The maximum absolute atomic E-state index is 12.5. The maximum Gasteiger partial charge on any atom is 0.263 e. The molecule has 26 heavy (non-hydrogen) atoms. The molecule has 1 aliphatic heterocycles. The van der Waals surface area contributed by atoms with E-state index in [1.54, 1.807) is 19.3 Å². The molecule has 8 heteroatoms. The quantitative estimate of drug-likeness (QED) is 0.779. The molecule has 0 unspecified atom stereocenters. The highest BCUT2D eigenvalue weighted by Crippen LogP contribution is 2.31. The summed E-state index contributed by atoms with van der Waals surface area (Å²) in [6.45, 7) is 2.18. The molecule has 4 heterocycles. The van der Waals surface area contributed by atoms with Gasteiger partial charge in [-0.1, -0.05) is 6.07 Å². The van der Waals surface area contributed by atoms with Gasteiger partial charge in [0.05, 0.1) is 24.7 Å². The Hall–Kier alpha value is -3.16. The Morgan fingerprint density at radius 1 is 1.38 bits per heavy atom. The topological polar surface area (TPSA) is 86.9 Å². The first kappa shape index (κ1) is 16.3. The zero-order valence-corrected chi connectivity index (χ0v) is 14.9. The summed E-state index contributed by atoms with van der Waals surface area (Å²) in [4.78, 5) is 21.6. The molecule has 134 valence electrons. The van der Waals surface area contributed by atoms with Crippen molar-refractivity contribution in [3.63, 3.8) is 0 Å². The van der Waals surface area contributed by atoms with Gasteiger partial charge in [0.25, 0.3) is 5.91 Å². The molecule has 0 spiro atoms. The van der Waals surface area contributed by atoms with E-state index >= 15 is 0 Å². The molecule has 0 fully saturated rings. The second kappa shape index (κ2) is 6.29. The van der Waals surface area contributed by atoms with Gasteiger partial charge in [0.2, 0.25) is 5.88 Å². The summed E-state index contributed by atoms with van der Waals surface area (Å²) in [5.41, 5.74) is 2.12.